The highest BCUT2D eigenvalue weighted by Crippen LogP contribution is 1.77. The molecule has 37 valence electrons. The lowest BCUT2D eigenvalue weighted by molar-refractivity contribution is 0.499. The molecule has 1 atom stereocenters. The molecule has 0 aliphatic carbocycles. The van der Waals surface area contributed by atoms with Crippen LogP contribution in [0.15, 0.2) is 0 Å². The first-order chi connectivity index (χ1) is 2.81. The minimum atomic E-state index is -1.15. The zero-order valence-electron chi connectivity index (χ0n) is 3.64. The van der Waals surface area contributed by atoms with E-state index in [1.54, 1.807) is 6.92 Å². The van der Waals surface area contributed by atoms with Gasteiger partial charge in [0.15, 0.2) is 11.1 Å². The Balaban J connectivity index is 2.99. The van der Waals surface area contributed by atoms with Crippen LogP contribution in [-0.4, -0.2) is 9.96 Å². The second-order valence-corrected chi connectivity index (χ2v) is 2.13. The topological polar surface area (TPSA) is 26.3 Å². The quantitative estimate of drug-likeness (QED) is 0.513. The van der Waals surface area contributed by atoms with Gasteiger partial charge in [-0.25, -0.2) is 4.21 Å². The van der Waals surface area contributed by atoms with E-state index in [9.17, 15) is 4.21 Å². The van der Waals surface area contributed by atoms with E-state index in [1.807, 2.05) is 0 Å². The first-order valence-electron chi connectivity index (χ1n) is 1.62. The van der Waals surface area contributed by atoms with Crippen molar-refractivity contribution in [3.05, 3.63) is 7.11 Å². The molecule has 2 nitrogen and oxygen atoms in total. The van der Waals surface area contributed by atoms with E-state index in [2.05, 4.69) is 11.3 Å². The van der Waals surface area contributed by atoms with Gasteiger partial charge < -0.3 is 0 Å². The van der Waals surface area contributed by atoms with Crippen LogP contribution in [0.1, 0.15) is 6.92 Å². The van der Waals surface area contributed by atoms with Crippen molar-refractivity contribution >= 4 is 11.1 Å². The van der Waals surface area contributed by atoms with Gasteiger partial charge in [0.1, 0.15) is 0 Å². The molecule has 0 aromatic heterocycles. The zero-order valence-corrected chi connectivity index (χ0v) is 4.46. The van der Waals surface area contributed by atoms with Crippen LogP contribution in [0, 0.1) is 7.11 Å². The molecular formula is C3H7O2S. The standard InChI is InChI=1S/C3H7O2S/c1-3-6(4)5-2/h2-3H2,1H3. The fourth-order valence-corrected chi connectivity index (χ4v) is 0.250. The van der Waals surface area contributed by atoms with Gasteiger partial charge in [0.25, 0.3) is 0 Å². The van der Waals surface area contributed by atoms with Crippen LogP contribution in [-0.2, 0) is 15.3 Å². The summed E-state index contributed by atoms with van der Waals surface area (Å²) >= 11 is -1.15. The largest absolute Gasteiger partial charge is 0.288 e. The van der Waals surface area contributed by atoms with Crippen molar-refractivity contribution in [2.24, 2.45) is 0 Å². The molecule has 3 heteroatoms. The summed E-state index contributed by atoms with van der Waals surface area (Å²) in [6, 6.07) is 0. The Morgan fingerprint density at radius 1 is 2.00 bits per heavy atom. The smallest absolute Gasteiger partial charge is 0.155 e. The molecule has 0 N–H and O–H groups in total. The van der Waals surface area contributed by atoms with E-state index in [4.69, 9.17) is 0 Å². The molecule has 0 amide bonds. The van der Waals surface area contributed by atoms with Gasteiger partial charge in [0.2, 0.25) is 0 Å². The van der Waals surface area contributed by atoms with Crippen LogP contribution in [0.5, 0.6) is 0 Å². The maximum absolute atomic E-state index is 10.0. The molecule has 0 rings (SSSR count). The van der Waals surface area contributed by atoms with Crippen molar-refractivity contribution in [2.45, 2.75) is 6.92 Å². The highest BCUT2D eigenvalue weighted by Gasteiger charge is 1.84. The molecule has 0 saturated heterocycles. The van der Waals surface area contributed by atoms with Crippen LogP contribution in [0.2, 0.25) is 0 Å². The Labute approximate surface area is 40.2 Å². The van der Waals surface area contributed by atoms with Gasteiger partial charge in [0, 0.05) is 5.75 Å². The molecule has 0 aromatic carbocycles. The van der Waals surface area contributed by atoms with E-state index in [0.29, 0.717) is 5.75 Å². The summed E-state index contributed by atoms with van der Waals surface area (Å²) in [5.41, 5.74) is 0. The van der Waals surface area contributed by atoms with E-state index < -0.39 is 11.1 Å². The molecule has 0 aromatic rings. The molecule has 0 heterocycles. The maximum Gasteiger partial charge on any atom is 0.155 e. The van der Waals surface area contributed by atoms with Crippen molar-refractivity contribution < 1.29 is 8.39 Å². The highest BCUT2D eigenvalue weighted by atomic mass is 32.2. The summed E-state index contributed by atoms with van der Waals surface area (Å²) in [6.45, 7) is 1.77. The Bertz CT molecular complexity index is 46.8. The maximum atomic E-state index is 10.0. The molecule has 0 saturated carbocycles. The lowest BCUT2D eigenvalue weighted by Crippen LogP contribution is -1.90. The third-order valence-corrected chi connectivity index (χ3v) is 1.10. The van der Waals surface area contributed by atoms with Crippen molar-refractivity contribution in [3.63, 3.8) is 0 Å². The molecule has 0 bridgehead atoms. The van der Waals surface area contributed by atoms with Crippen LogP contribution in [0.25, 0.3) is 0 Å². The summed E-state index contributed by atoms with van der Waals surface area (Å²) < 4.78 is 14.1. The van der Waals surface area contributed by atoms with E-state index in [-0.39, 0.29) is 0 Å². The molecule has 0 fully saturated rings. The first-order valence-corrected chi connectivity index (χ1v) is 2.86. The minimum absolute atomic E-state index is 0.517. The Morgan fingerprint density at radius 2 is 2.50 bits per heavy atom. The number of hydrogen-bond donors (Lipinski definition) is 0. The lowest BCUT2D eigenvalue weighted by atomic mass is 11.0. The second-order valence-electron chi connectivity index (χ2n) is 0.710. The molecule has 0 aliphatic rings. The zero-order chi connectivity index (χ0) is 4.99. The van der Waals surface area contributed by atoms with Crippen molar-refractivity contribution in [1.82, 2.24) is 0 Å². The van der Waals surface area contributed by atoms with Crippen molar-refractivity contribution in [3.8, 4) is 0 Å². The fourth-order valence-electron chi connectivity index (χ4n) is 0.0833. The third-order valence-electron chi connectivity index (χ3n) is 0.367. The summed E-state index contributed by atoms with van der Waals surface area (Å²) in [6.07, 6.45) is 0. The number of hydrogen-bond acceptors (Lipinski definition) is 2. The molecule has 1 unspecified atom stereocenters. The van der Waals surface area contributed by atoms with E-state index in [1.165, 1.54) is 0 Å². The van der Waals surface area contributed by atoms with Gasteiger partial charge in [0.05, 0.1) is 7.11 Å². The molecule has 0 spiro atoms. The predicted octanol–water partition coefficient (Wildman–Crippen LogP) is 0.478. The summed E-state index contributed by atoms with van der Waals surface area (Å²) in [5.74, 6) is 0.517. The van der Waals surface area contributed by atoms with Crippen LogP contribution in [0.4, 0.5) is 0 Å². The molecule has 0 aliphatic heterocycles. The Morgan fingerprint density at radius 3 is 2.50 bits per heavy atom. The summed E-state index contributed by atoms with van der Waals surface area (Å²) in [7, 11) is 2.96. The average Bonchev–Trinajstić information content (AvgIpc) is 1.65. The molecule has 6 heavy (non-hydrogen) atoms. The van der Waals surface area contributed by atoms with Crippen LogP contribution in [0.3, 0.4) is 0 Å². The number of rotatable bonds is 2. The van der Waals surface area contributed by atoms with Crippen LogP contribution < -0.4 is 0 Å². The minimum Gasteiger partial charge on any atom is -0.288 e. The predicted molar refractivity (Wildman–Crippen MR) is 25.1 cm³/mol. The average molecular weight is 107 g/mol. The Kier molecular flexibility index (Phi) is 3.37. The third kappa shape index (κ3) is 2.35. The molecular weight excluding hydrogens is 100 g/mol. The second kappa shape index (κ2) is 3.31. The summed E-state index contributed by atoms with van der Waals surface area (Å²) in [4.78, 5) is 0. The van der Waals surface area contributed by atoms with Gasteiger partial charge in [-0.15, -0.1) is 0 Å². The lowest BCUT2D eigenvalue weighted by Gasteiger charge is -1.85. The van der Waals surface area contributed by atoms with Gasteiger partial charge in [-0.2, -0.15) is 0 Å². The van der Waals surface area contributed by atoms with Crippen molar-refractivity contribution in [1.29, 1.82) is 0 Å². The Hall–Kier alpha value is 0.110. The fraction of sp³-hybridized carbons (Fsp3) is 0.667. The van der Waals surface area contributed by atoms with Crippen LogP contribution >= 0.6 is 0 Å². The summed E-state index contributed by atoms with van der Waals surface area (Å²) in [5, 5.41) is 0. The van der Waals surface area contributed by atoms with Gasteiger partial charge in [-0.05, 0) is 0 Å². The van der Waals surface area contributed by atoms with Gasteiger partial charge >= 0.3 is 0 Å². The SMILES string of the molecule is [CH2]OS(=O)CC. The van der Waals surface area contributed by atoms with Crippen molar-refractivity contribution in [2.75, 3.05) is 5.75 Å². The highest BCUT2D eigenvalue weighted by molar-refractivity contribution is 7.80. The normalized spacial score (nSPS) is 14.3. The first kappa shape index (κ1) is 6.11. The van der Waals surface area contributed by atoms with E-state index in [0.717, 1.165) is 0 Å². The monoisotopic (exact) mass is 107 g/mol. The van der Waals surface area contributed by atoms with Gasteiger partial charge in [-0.1, -0.05) is 6.92 Å². The molecule has 1 radical (unpaired) electrons. The van der Waals surface area contributed by atoms with Gasteiger partial charge in [-0.3, -0.25) is 4.18 Å². The van der Waals surface area contributed by atoms with E-state index >= 15 is 0 Å².